The Kier molecular flexibility index (Phi) is 4.93. The summed E-state index contributed by atoms with van der Waals surface area (Å²) in [6.45, 7) is 0.586. The predicted molar refractivity (Wildman–Crippen MR) is 83.3 cm³/mol. The minimum atomic E-state index is -3.90. The first-order valence-corrected chi connectivity index (χ1v) is 9.84. The van der Waals surface area contributed by atoms with Gasteiger partial charge in [-0.05, 0) is 25.0 Å². The van der Waals surface area contributed by atoms with Gasteiger partial charge in [-0.1, -0.05) is 12.1 Å². The Morgan fingerprint density at radius 3 is 2.32 bits per heavy atom. The maximum absolute atomic E-state index is 12.9. The average molecular weight is 347 g/mol. The molecule has 2 N–H and O–H groups in total. The standard InChI is InChI=1S/C13H21N3O4S2/c1-15(2)21(17,18)12-7-3-4-8-13(12)22(19,20)16-9-5-6-11(16)10-14/h3-4,7-8,11H,5-6,9-10,14H2,1-2H3. The first kappa shape index (κ1) is 17.4. The molecule has 22 heavy (non-hydrogen) atoms. The third-order valence-corrected chi connectivity index (χ3v) is 7.80. The van der Waals surface area contributed by atoms with Crippen molar-refractivity contribution in [3.05, 3.63) is 24.3 Å². The topological polar surface area (TPSA) is 101 Å². The lowest BCUT2D eigenvalue weighted by molar-refractivity contribution is 0.391. The molecule has 0 aliphatic carbocycles. The van der Waals surface area contributed by atoms with Crippen LogP contribution in [0.25, 0.3) is 0 Å². The van der Waals surface area contributed by atoms with E-state index in [0.29, 0.717) is 13.0 Å². The molecular weight excluding hydrogens is 326 g/mol. The molecule has 1 fully saturated rings. The van der Waals surface area contributed by atoms with Crippen LogP contribution in [0.3, 0.4) is 0 Å². The van der Waals surface area contributed by atoms with Crippen molar-refractivity contribution in [3.8, 4) is 0 Å². The monoisotopic (exact) mass is 347 g/mol. The highest BCUT2D eigenvalue weighted by molar-refractivity contribution is 7.92. The first-order chi connectivity index (χ1) is 10.2. The molecule has 2 rings (SSSR count). The summed E-state index contributed by atoms with van der Waals surface area (Å²) in [5, 5.41) is 0. The van der Waals surface area contributed by atoms with E-state index < -0.39 is 20.0 Å². The normalized spacial score (nSPS) is 20.6. The van der Waals surface area contributed by atoms with E-state index in [1.807, 2.05) is 0 Å². The highest BCUT2D eigenvalue weighted by atomic mass is 32.2. The summed E-state index contributed by atoms with van der Waals surface area (Å²) in [6.07, 6.45) is 1.42. The van der Waals surface area contributed by atoms with Crippen LogP contribution in [0.2, 0.25) is 0 Å². The highest BCUT2D eigenvalue weighted by Crippen LogP contribution is 2.30. The lowest BCUT2D eigenvalue weighted by atomic mass is 10.2. The van der Waals surface area contributed by atoms with Crippen molar-refractivity contribution in [2.24, 2.45) is 5.73 Å². The highest BCUT2D eigenvalue weighted by Gasteiger charge is 2.37. The van der Waals surface area contributed by atoms with Crippen LogP contribution in [0.1, 0.15) is 12.8 Å². The summed E-state index contributed by atoms with van der Waals surface area (Å²) < 4.78 is 52.9. The smallest absolute Gasteiger partial charge is 0.244 e. The second-order valence-electron chi connectivity index (χ2n) is 5.38. The van der Waals surface area contributed by atoms with Crippen LogP contribution >= 0.6 is 0 Å². The first-order valence-electron chi connectivity index (χ1n) is 6.96. The fraction of sp³-hybridized carbons (Fsp3) is 0.538. The summed E-state index contributed by atoms with van der Waals surface area (Å²) in [4.78, 5) is -0.397. The van der Waals surface area contributed by atoms with Gasteiger partial charge in [0.1, 0.15) is 9.79 Å². The van der Waals surface area contributed by atoms with Crippen LogP contribution in [-0.4, -0.2) is 58.7 Å². The third kappa shape index (κ3) is 2.91. The zero-order chi connectivity index (χ0) is 16.5. The van der Waals surface area contributed by atoms with Gasteiger partial charge in [0.2, 0.25) is 20.0 Å². The van der Waals surface area contributed by atoms with Gasteiger partial charge in [0.25, 0.3) is 0 Å². The van der Waals surface area contributed by atoms with E-state index in [-0.39, 0.29) is 22.4 Å². The molecule has 1 aromatic rings. The minimum absolute atomic E-state index is 0.191. The quantitative estimate of drug-likeness (QED) is 0.811. The summed E-state index contributed by atoms with van der Waals surface area (Å²) in [7, 11) is -5.00. The van der Waals surface area contributed by atoms with E-state index in [9.17, 15) is 16.8 Å². The van der Waals surface area contributed by atoms with Crippen molar-refractivity contribution in [2.45, 2.75) is 28.7 Å². The largest absolute Gasteiger partial charge is 0.329 e. The lowest BCUT2D eigenvalue weighted by Gasteiger charge is -2.24. The molecule has 0 radical (unpaired) electrons. The molecule has 1 unspecified atom stereocenters. The molecule has 1 heterocycles. The van der Waals surface area contributed by atoms with Crippen molar-refractivity contribution in [1.82, 2.24) is 8.61 Å². The Bertz CT molecular complexity index is 744. The van der Waals surface area contributed by atoms with Crippen LogP contribution < -0.4 is 5.73 Å². The maximum Gasteiger partial charge on any atom is 0.244 e. The van der Waals surface area contributed by atoms with Crippen LogP contribution in [0.5, 0.6) is 0 Å². The molecule has 1 saturated heterocycles. The predicted octanol–water partition coefficient (Wildman–Crippen LogP) is 0.0487. The summed E-state index contributed by atoms with van der Waals surface area (Å²) in [5.74, 6) is 0. The Balaban J connectivity index is 2.59. The Hall–Kier alpha value is -1.00. The average Bonchev–Trinajstić information content (AvgIpc) is 2.96. The van der Waals surface area contributed by atoms with Gasteiger partial charge >= 0.3 is 0 Å². The number of hydrogen-bond donors (Lipinski definition) is 1. The van der Waals surface area contributed by atoms with Crippen molar-refractivity contribution < 1.29 is 16.8 Å². The summed E-state index contributed by atoms with van der Waals surface area (Å²) >= 11 is 0. The van der Waals surface area contributed by atoms with Crippen molar-refractivity contribution in [1.29, 1.82) is 0 Å². The molecule has 0 spiro atoms. The molecule has 0 saturated carbocycles. The Morgan fingerprint density at radius 1 is 1.18 bits per heavy atom. The summed E-state index contributed by atoms with van der Waals surface area (Å²) in [6, 6.07) is 5.41. The number of benzene rings is 1. The van der Waals surface area contributed by atoms with Gasteiger partial charge < -0.3 is 5.73 Å². The number of sulfonamides is 2. The fourth-order valence-corrected chi connectivity index (χ4v) is 5.94. The number of hydrogen-bond acceptors (Lipinski definition) is 5. The second-order valence-corrected chi connectivity index (χ2v) is 9.36. The molecule has 124 valence electrons. The molecule has 1 aliphatic heterocycles. The Labute approximate surface area is 131 Å². The van der Waals surface area contributed by atoms with Crippen LogP contribution in [0, 0.1) is 0 Å². The van der Waals surface area contributed by atoms with Gasteiger partial charge in [0, 0.05) is 33.2 Å². The van der Waals surface area contributed by atoms with E-state index in [4.69, 9.17) is 5.73 Å². The number of nitrogens with two attached hydrogens (primary N) is 1. The second kappa shape index (κ2) is 6.25. The molecule has 0 aromatic heterocycles. The molecule has 1 aliphatic rings. The van der Waals surface area contributed by atoms with Gasteiger partial charge in [-0.15, -0.1) is 0 Å². The number of nitrogens with zero attached hydrogens (tertiary/aromatic N) is 2. The van der Waals surface area contributed by atoms with Crippen molar-refractivity contribution in [3.63, 3.8) is 0 Å². The van der Waals surface area contributed by atoms with E-state index in [1.54, 1.807) is 0 Å². The van der Waals surface area contributed by atoms with Crippen LogP contribution in [0.15, 0.2) is 34.1 Å². The molecule has 9 heteroatoms. The van der Waals surface area contributed by atoms with Crippen molar-refractivity contribution >= 4 is 20.0 Å². The third-order valence-electron chi connectivity index (χ3n) is 3.79. The van der Waals surface area contributed by atoms with Crippen LogP contribution in [0.4, 0.5) is 0 Å². The van der Waals surface area contributed by atoms with E-state index in [0.717, 1.165) is 10.7 Å². The molecule has 0 bridgehead atoms. The van der Waals surface area contributed by atoms with Gasteiger partial charge in [0.05, 0.1) is 0 Å². The van der Waals surface area contributed by atoms with Gasteiger partial charge in [-0.2, -0.15) is 4.31 Å². The van der Waals surface area contributed by atoms with E-state index in [2.05, 4.69) is 0 Å². The van der Waals surface area contributed by atoms with Crippen LogP contribution in [-0.2, 0) is 20.0 Å². The van der Waals surface area contributed by atoms with Gasteiger partial charge in [-0.25, -0.2) is 21.1 Å². The fourth-order valence-electron chi connectivity index (χ4n) is 2.56. The zero-order valence-corrected chi connectivity index (χ0v) is 14.3. The Morgan fingerprint density at radius 2 is 1.77 bits per heavy atom. The van der Waals surface area contributed by atoms with Gasteiger partial charge in [0.15, 0.2) is 0 Å². The minimum Gasteiger partial charge on any atom is -0.329 e. The van der Waals surface area contributed by atoms with Crippen molar-refractivity contribution in [2.75, 3.05) is 27.2 Å². The lowest BCUT2D eigenvalue weighted by Crippen LogP contribution is -2.40. The zero-order valence-electron chi connectivity index (χ0n) is 12.6. The van der Waals surface area contributed by atoms with E-state index >= 15 is 0 Å². The molecule has 1 atom stereocenters. The van der Waals surface area contributed by atoms with E-state index in [1.165, 1.54) is 42.7 Å². The van der Waals surface area contributed by atoms with Gasteiger partial charge in [-0.3, -0.25) is 0 Å². The SMILES string of the molecule is CN(C)S(=O)(=O)c1ccccc1S(=O)(=O)N1CCCC1CN. The molecule has 1 aromatic carbocycles. The summed E-state index contributed by atoms with van der Waals surface area (Å²) in [5.41, 5.74) is 5.64. The molecule has 0 amide bonds. The molecule has 7 nitrogen and oxygen atoms in total. The number of rotatable bonds is 5. The maximum atomic E-state index is 12.9. The molecular formula is C13H21N3O4S2.